The number of hydrogen-bond acceptors (Lipinski definition) is 4. The summed E-state index contributed by atoms with van der Waals surface area (Å²) in [6, 6.07) is 4.41. The van der Waals surface area contributed by atoms with Gasteiger partial charge in [-0.3, -0.25) is 0 Å². The molecule has 0 radical (unpaired) electrons. The Balaban J connectivity index is 3.10. The van der Waals surface area contributed by atoms with Crippen molar-refractivity contribution in [1.29, 1.82) is 0 Å². The first-order valence-electron chi connectivity index (χ1n) is 7.75. The summed E-state index contributed by atoms with van der Waals surface area (Å²) < 4.78 is 16.3. The maximum absolute atomic E-state index is 5.45. The monoisotopic (exact) mass is 295 g/mol. The molecule has 21 heavy (non-hydrogen) atoms. The van der Waals surface area contributed by atoms with Crippen LogP contribution in [0.15, 0.2) is 12.1 Å². The molecule has 0 aliphatic rings. The van der Waals surface area contributed by atoms with Crippen LogP contribution in [-0.4, -0.2) is 27.9 Å². The molecule has 1 aromatic carbocycles. The van der Waals surface area contributed by atoms with Gasteiger partial charge in [-0.05, 0) is 37.1 Å². The first-order chi connectivity index (χ1) is 10.2. The third-order valence-electron chi connectivity index (χ3n) is 3.58. The lowest BCUT2D eigenvalue weighted by Gasteiger charge is -2.21. The maximum atomic E-state index is 5.45. The molecule has 0 aromatic heterocycles. The minimum absolute atomic E-state index is 0.318. The van der Waals surface area contributed by atoms with Gasteiger partial charge >= 0.3 is 0 Å². The number of nitrogens with one attached hydrogen (secondary N) is 1. The van der Waals surface area contributed by atoms with E-state index in [-0.39, 0.29) is 0 Å². The number of benzene rings is 1. The smallest absolute Gasteiger partial charge is 0.203 e. The molecule has 0 bridgehead atoms. The summed E-state index contributed by atoms with van der Waals surface area (Å²) >= 11 is 0. The molecule has 1 aromatic rings. The van der Waals surface area contributed by atoms with Gasteiger partial charge in [-0.25, -0.2) is 0 Å². The fourth-order valence-corrected chi connectivity index (χ4v) is 2.42. The highest BCUT2D eigenvalue weighted by atomic mass is 16.5. The van der Waals surface area contributed by atoms with E-state index in [0.29, 0.717) is 23.3 Å². The van der Waals surface area contributed by atoms with Crippen molar-refractivity contribution < 1.29 is 14.2 Å². The molecule has 0 aliphatic carbocycles. The molecule has 4 heteroatoms. The highest BCUT2D eigenvalue weighted by Crippen LogP contribution is 2.40. The van der Waals surface area contributed by atoms with Crippen LogP contribution < -0.4 is 19.5 Å². The van der Waals surface area contributed by atoms with Crippen LogP contribution in [-0.2, 0) is 0 Å². The molecule has 0 aliphatic heterocycles. The average molecular weight is 295 g/mol. The van der Waals surface area contributed by atoms with E-state index in [1.54, 1.807) is 21.3 Å². The molecule has 1 rings (SSSR count). The Morgan fingerprint density at radius 1 is 0.952 bits per heavy atom. The molecular formula is C17H29NO3. The van der Waals surface area contributed by atoms with Crippen molar-refractivity contribution in [3.63, 3.8) is 0 Å². The number of ether oxygens (including phenoxy) is 3. The summed E-state index contributed by atoms with van der Waals surface area (Å²) in [5.74, 6) is 2.08. The van der Waals surface area contributed by atoms with Crippen LogP contribution in [0.25, 0.3) is 0 Å². The van der Waals surface area contributed by atoms with Gasteiger partial charge in [0, 0.05) is 6.04 Å². The van der Waals surface area contributed by atoms with Gasteiger partial charge in [0.15, 0.2) is 11.5 Å². The fourth-order valence-electron chi connectivity index (χ4n) is 2.42. The Morgan fingerprint density at radius 2 is 1.57 bits per heavy atom. The van der Waals surface area contributed by atoms with Crippen LogP contribution in [0.5, 0.6) is 17.2 Å². The Kier molecular flexibility index (Phi) is 7.98. The van der Waals surface area contributed by atoms with E-state index < -0.39 is 0 Å². The number of rotatable bonds is 10. The van der Waals surface area contributed by atoms with Crippen molar-refractivity contribution >= 4 is 0 Å². The normalized spacial score (nSPS) is 12.0. The molecule has 1 N–H and O–H groups in total. The number of unbranched alkanes of at least 4 members (excludes halogenated alkanes) is 1. The molecular weight excluding hydrogens is 266 g/mol. The molecule has 4 nitrogen and oxygen atoms in total. The van der Waals surface area contributed by atoms with Crippen LogP contribution in [0.3, 0.4) is 0 Å². The second kappa shape index (κ2) is 9.50. The predicted molar refractivity (Wildman–Crippen MR) is 86.7 cm³/mol. The average Bonchev–Trinajstić information content (AvgIpc) is 2.53. The zero-order chi connectivity index (χ0) is 15.7. The molecule has 1 atom stereocenters. The van der Waals surface area contributed by atoms with E-state index in [1.165, 1.54) is 18.4 Å². The summed E-state index contributed by atoms with van der Waals surface area (Å²) in [6.07, 6.45) is 4.61. The second-order valence-corrected chi connectivity index (χ2v) is 5.11. The van der Waals surface area contributed by atoms with E-state index in [4.69, 9.17) is 14.2 Å². The molecule has 120 valence electrons. The van der Waals surface area contributed by atoms with E-state index >= 15 is 0 Å². The first kappa shape index (κ1) is 17.6. The molecule has 0 spiro atoms. The lowest BCUT2D eigenvalue weighted by Crippen LogP contribution is -2.22. The summed E-state index contributed by atoms with van der Waals surface area (Å²) in [6.45, 7) is 5.40. The van der Waals surface area contributed by atoms with Gasteiger partial charge in [0.05, 0.1) is 21.3 Å². The number of hydrogen-bond donors (Lipinski definition) is 1. The predicted octanol–water partition coefficient (Wildman–Crippen LogP) is 3.94. The van der Waals surface area contributed by atoms with Gasteiger partial charge < -0.3 is 19.5 Å². The highest BCUT2D eigenvalue weighted by Gasteiger charge is 2.18. The van der Waals surface area contributed by atoms with E-state index in [9.17, 15) is 0 Å². The Hall–Kier alpha value is -1.42. The Morgan fingerprint density at radius 3 is 2.00 bits per heavy atom. The third kappa shape index (κ3) is 4.81. The van der Waals surface area contributed by atoms with Crippen molar-refractivity contribution in [2.45, 2.75) is 45.6 Å². The topological polar surface area (TPSA) is 39.7 Å². The number of methoxy groups -OCH3 is 3. The molecule has 0 fully saturated rings. The van der Waals surface area contributed by atoms with Gasteiger partial charge in [-0.2, -0.15) is 0 Å². The Labute approximate surface area is 128 Å². The minimum atomic E-state index is 0.318. The van der Waals surface area contributed by atoms with Crippen LogP contribution >= 0.6 is 0 Å². The standard InChI is InChI=1S/C17H29NO3/c1-6-8-9-14(18-10-7-2)13-11-15(19-3)17(21-5)16(12-13)20-4/h11-12,14,18H,6-10H2,1-5H3. The van der Waals surface area contributed by atoms with Gasteiger partial charge in [0.2, 0.25) is 5.75 Å². The molecule has 0 saturated heterocycles. The maximum Gasteiger partial charge on any atom is 0.203 e. The highest BCUT2D eigenvalue weighted by molar-refractivity contribution is 5.54. The summed E-state index contributed by atoms with van der Waals surface area (Å²) in [4.78, 5) is 0. The second-order valence-electron chi connectivity index (χ2n) is 5.11. The Bertz CT molecular complexity index is 387. The van der Waals surface area contributed by atoms with Gasteiger partial charge in [0.1, 0.15) is 0 Å². The fraction of sp³-hybridized carbons (Fsp3) is 0.647. The lowest BCUT2D eigenvalue weighted by atomic mass is 10.00. The zero-order valence-electron chi connectivity index (χ0n) is 14.0. The minimum Gasteiger partial charge on any atom is -0.493 e. The van der Waals surface area contributed by atoms with Crippen LogP contribution in [0.4, 0.5) is 0 Å². The van der Waals surface area contributed by atoms with Crippen LogP contribution in [0, 0.1) is 0 Å². The molecule has 0 saturated carbocycles. The lowest BCUT2D eigenvalue weighted by molar-refractivity contribution is 0.322. The van der Waals surface area contributed by atoms with Crippen LogP contribution in [0.2, 0.25) is 0 Å². The largest absolute Gasteiger partial charge is 0.493 e. The van der Waals surface area contributed by atoms with Crippen molar-refractivity contribution in [1.82, 2.24) is 5.32 Å². The van der Waals surface area contributed by atoms with E-state index in [2.05, 4.69) is 19.2 Å². The molecule has 1 unspecified atom stereocenters. The summed E-state index contributed by atoms with van der Waals surface area (Å²) in [5, 5.41) is 3.61. The van der Waals surface area contributed by atoms with E-state index in [0.717, 1.165) is 19.4 Å². The van der Waals surface area contributed by atoms with Crippen LogP contribution in [0.1, 0.15) is 51.1 Å². The SMILES string of the molecule is CCCCC(NCCC)c1cc(OC)c(OC)c(OC)c1. The van der Waals surface area contributed by atoms with Crippen molar-refractivity contribution in [2.24, 2.45) is 0 Å². The van der Waals surface area contributed by atoms with Gasteiger partial charge in [-0.1, -0.05) is 26.7 Å². The van der Waals surface area contributed by atoms with Crippen molar-refractivity contribution in [3.8, 4) is 17.2 Å². The first-order valence-corrected chi connectivity index (χ1v) is 7.75. The molecule has 0 amide bonds. The summed E-state index contributed by atoms with van der Waals surface area (Å²) in [7, 11) is 4.94. The van der Waals surface area contributed by atoms with E-state index in [1.807, 2.05) is 12.1 Å². The van der Waals surface area contributed by atoms with Crippen molar-refractivity contribution in [2.75, 3.05) is 27.9 Å². The van der Waals surface area contributed by atoms with Gasteiger partial charge in [0.25, 0.3) is 0 Å². The quantitative estimate of drug-likeness (QED) is 0.709. The third-order valence-corrected chi connectivity index (χ3v) is 3.58. The molecule has 0 heterocycles. The van der Waals surface area contributed by atoms with Crippen molar-refractivity contribution in [3.05, 3.63) is 17.7 Å². The van der Waals surface area contributed by atoms with Gasteiger partial charge in [-0.15, -0.1) is 0 Å². The summed E-state index contributed by atoms with van der Waals surface area (Å²) in [5.41, 5.74) is 1.19. The zero-order valence-corrected chi connectivity index (χ0v) is 14.0.